The van der Waals surface area contributed by atoms with Crippen molar-refractivity contribution in [3.05, 3.63) is 95.7 Å². The molecule has 6 heteroatoms. The number of guanidine groups is 1. The highest BCUT2D eigenvalue weighted by Gasteiger charge is 2.07. The Balaban J connectivity index is 1.51. The summed E-state index contributed by atoms with van der Waals surface area (Å²) in [7, 11) is 0. The number of hydrogen-bond donors (Lipinski definition) is 3. The maximum Gasteiger partial charge on any atom is 0.213 e. The van der Waals surface area contributed by atoms with Gasteiger partial charge in [0.25, 0.3) is 0 Å². The number of ether oxygens (including phenoxy) is 1. The molecule has 3 aromatic rings. The molecule has 0 spiro atoms. The second kappa shape index (κ2) is 12.3. The topological polar surface area (TPSA) is 78.8 Å². The van der Waals surface area contributed by atoms with E-state index in [1.165, 1.54) is 0 Å². The first-order chi connectivity index (χ1) is 15.2. The summed E-state index contributed by atoms with van der Waals surface area (Å²) in [6, 6.07) is 23.5. The van der Waals surface area contributed by atoms with Crippen LogP contribution in [0.5, 0.6) is 5.88 Å². The fraction of sp³-hybridized carbons (Fsp3) is 0.280. The van der Waals surface area contributed by atoms with E-state index in [1.807, 2.05) is 79.7 Å². The molecule has 1 atom stereocenters. The van der Waals surface area contributed by atoms with E-state index < -0.39 is 6.10 Å². The summed E-state index contributed by atoms with van der Waals surface area (Å²) in [4.78, 5) is 8.93. The van der Waals surface area contributed by atoms with E-state index in [-0.39, 0.29) is 0 Å². The summed E-state index contributed by atoms with van der Waals surface area (Å²) >= 11 is 0. The van der Waals surface area contributed by atoms with E-state index in [4.69, 9.17) is 4.74 Å². The van der Waals surface area contributed by atoms with Crippen molar-refractivity contribution in [2.24, 2.45) is 4.99 Å². The fourth-order valence-electron chi connectivity index (χ4n) is 3.04. The lowest BCUT2D eigenvalue weighted by molar-refractivity contribution is 0.168. The SMILES string of the molecule is CCNC(=NCc1ccnc(OCc2ccccc2)c1)NCCC(O)c1ccccc1. The quantitative estimate of drug-likeness (QED) is 0.344. The first-order valence-corrected chi connectivity index (χ1v) is 10.6. The van der Waals surface area contributed by atoms with Crippen LogP contribution in [0.2, 0.25) is 0 Å². The van der Waals surface area contributed by atoms with Gasteiger partial charge in [0, 0.05) is 25.4 Å². The van der Waals surface area contributed by atoms with Crippen molar-refractivity contribution in [3.8, 4) is 5.88 Å². The predicted molar refractivity (Wildman–Crippen MR) is 124 cm³/mol. The van der Waals surface area contributed by atoms with Crippen molar-refractivity contribution in [1.82, 2.24) is 15.6 Å². The van der Waals surface area contributed by atoms with E-state index >= 15 is 0 Å². The average Bonchev–Trinajstić information content (AvgIpc) is 2.82. The number of rotatable bonds is 10. The first kappa shape index (κ1) is 22.3. The Hall–Kier alpha value is -3.38. The van der Waals surface area contributed by atoms with Crippen LogP contribution in [-0.2, 0) is 13.2 Å². The summed E-state index contributed by atoms with van der Waals surface area (Å²) in [5.74, 6) is 1.30. The smallest absolute Gasteiger partial charge is 0.213 e. The molecular weight excluding hydrogens is 388 g/mol. The number of aliphatic hydroxyl groups is 1. The van der Waals surface area contributed by atoms with Crippen LogP contribution in [0.3, 0.4) is 0 Å². The molecule has 0 saturated heterocycles. The normalized spacial score (nSPS) is 12.3. The standard InChI is InChI=1S/C25H30N4O2/c1-2-26-25(28-16-14-23(30)22-11-7-4-8-12-22)29-18-21-13-15-27-24(17-21)31-19-20-9-5-3-6-10-20/h3-13,15,17,23,30H,2,14,16,18-19H2,1H3,(H2,26,28,29). The largest absolute Gasteiger partial charge is 0.473 e. The number of benzene rings is 2. The molecule has 6 nitrogen and oxygen atoms in total. The summed E-state index contributed by atoms with van der Waals surface area (Å²) in [6.07, 6.45) is 1.84. The molecule has 3 rings (SSSR count). The highest BCUT2D eigenvalue weighted by Crippen LogP contribution is 2.15. The van der Waals surface area contributed by atoms with Gasteiger partial charge < -0.3 is 20.5 Å². The third-order valence-electron chi connectivity index (χ3n) is 4.69. The van der Waals surface area contributed by atoms with E-state index in [9.17, 15) is 5.11 Å². The number of aliphatic hydroxyl groups excluding tert-OH is 1. The van der Waals surface area contributed by atoms with Crippen molar-refractivity contribution in [2.45, 2.75) is 32.6 Å². The van der Waals surface area contributed by atoms with Crippen LogP contribution in [-0.4, -0.2) is 29.1 Å². The second-order valence-corrected chi connectivity index (χ2v) is 7.11. The Labute approximate surface area is 184 Å². The Morgan fingerprint density at radius 1 is 1.00 bits per heavy atom. The van der Waals surface area contributed by atoms with Crippen molar-refractivity contribution < 1.29 is 9.84 Å². The molecule has 3 N–H and O–H groups in total. The van der Waals surface area contributed by atoms with Crippen LogP contribution in [0.4, 0.5) is 0 Å². The molecule has 0 fully saturated rings. The zero-order valence-electron chi connectivity index (χ0n) is 17.9. The third-order valence-corrected chi connectivity index (χ3v) is 4.69. The molecule has 0 aliphatic carbocycles. The van der Waals surface area contributed by atoms with Gasteiger partial charge in [-0.3, -0.25) is 0 Å². The molecule has 31 heavy (non-hydrogen) atoms. The van der Waals surface area contributed by atoms with Crippen molar-refractivity contribution in [1.29, 1.82) is 0 Å². The van der Waals surface area contributed by atoms with Gasteiger partial charge in [0.05, 0.1) is 12.6 Å². The lowest BCUT2D eigenvalue weighted by atomic mass is 10.1. The van der Waals surface area contributed by atoms with E-state index in [2.05, 4.69) is 20.6 Å². The molecule has 0 amide bonds. The van der Waals surface area contributed by atoms with E-state index in [0.717, 1.165) is 23.2 Å². The van der Waals surface area contributed by atoms with Gasteiger partial charge in [-0.05, 0) is 36.1 Å². The molecule has 0 radical (unpaired) electrons. The minimum Gasteiger partial charge on any atom is -0.473 e. The van der Waals surface area contributed by atoms with Gasteiger partial charge in [-0.25, -0.2) is 9.98 Å². The lowest BCUT2D eigenvalue weighted by Crippen LogP contribution is -2.38. The van der Waals surface area contributed by atoms with Crippen LogP contribution in [0.1, 0.15) is 36.1 Å². The van der Waals surface area contributed by atoms with Gasteiger partial charge in [0.15, 0.2) is 5.96 Å². The predicted octanol–water partition coefficient (Wildman–Crippen LogP) is 3.84. The van der Waals surface area contributed by atoms with Gasteiger partial charge >= 0.3 is 0 Å². The number of hydrogen-bond acceptors (Lipinski definition) is 4. The van der Waals surface area contributed by atoms with E-state index in [0.29, 0.717) is 38.0 Å². The Morgan fingerprint density at radius 2 is 1.74 bits per heavy atom. The second-order valence-electron chi connectivity index (χ2n) is 7.11. The molecule has 1 unspecified atom stereocenters. The molecular formula is C25H30N4O2. The van der Waals surface area contributed by atoms with Gasteiger partial charge in [0.2, 0.25) is 5.88 Å². The summed E-state index contributed by atoms with van der Waals surface area (Å²) in [5.41, 5.74) is 3.04. The van der Waals surface area contributed by atoms with Gasteiger partial charge in [-0.15, -0.1) is 0 Å². The van der Waals surface area contributed by atoms with Gasteiger partial charge in [0.1, 0.15) is 6.61 Å². The summed E-state index contributed by atoms with van der Waals surface area (Å²) in [6.45, 7) is 4.38. The zero-order chi connectivity index (χ0) is 21.7. The highest BCUT2D eigenvalue weighted by molar-refractivity contribution is 5.79. The summed E-state index contributed by atoms with van der Waals surface area (Å²) in [5, 5.41) is 16.8. The third kappa shape index (κ3) is 7.75. The number of nitrogens with one attached hydrogen (secondary N) is 2. The number of aromatic nitrogens is 1. The number of nitrogens with zero attached hydrogens (tertiary/aromatic N) is 2. The highest BCUT2D eigenvalue weighted by atomic mass is 16.5. The Morgan fingerprint density at radius 3 is 2.48 bits per heavy atom. The van der Waals surface area contributed by atoms with Crippen LogP contribution in [0.15, 0.2) is 84.0 Å². The molecule has 0 saturated carbocycles. The first-order valence-electron chi connectivity index (χ1n) is 10.6. The maximum absolute atomic E-state index is 10.3. The van der Waals surface area contributed by atoms with Crippen LogP contribution in [0.25, 0.3) is 0 Å². The van der Waals surface area contributed by atoms with Crippen molar-refractivity contribution in [2.75, 3.05) is 13.1 Å². The molecule has 1 heterocycles. The van der Waals surface area contributed by atoms with Crippen molar-refractivity contribution in [3.63, 3.8) is 0 Å². The lowest BCUT2D eigenvalue weighted by Gasteiger charge is -2.14. The number of pyridine rings is 1. The molecule has 0 bridgehead atoms. The summed E-state index contributed by atoms with van der Waals surface area (Å²) < 4.78 is 5.80. The Bertz CT molecular complexity index is 933. The molecule has 1 aromatic heterocycles. The molecule has 0 aliphatic heterocycles. The minimum atomic E-state index is -0.499. The number of aliphatic imine (C=N–C) groups is 1. The fourth-order valence-corrected chi connectivity index (χ4v) is 3.04. The van der Waals surface area contributed by atoms with Crippen LogP contribution < -0.4 is 15.4 Å². The molecule has 162 valence electrons. The van der Waals surface area contributed by atoms with Crippen LogP contribution in [0, 0.1) is 0 Å². The Kier molecular flexibility index (Phi) is 8.88. The minimum absolute atomic E-state index is 0.481. The average molecular weight is 419 g/mol. The van der Waals surface area contributed by atoms with Gasteiger partial charge in [-0.1, -0.05) is 60.7 Å². The maximum atomic E-state index is 10.3. The van der Waals surface area contributed by atoms with Crippen LogP contribution >= 0.6 is 0 Å². The molecule has 2 aromatic carbocycles. The van der Waals surface area contributed by atoms with E-state index in [1.54, 1.807) is 6.20 Å². The molecule has 0 aliphatic rings. The monoisotopic (exact) mass is 418 g/mol. The zero-order valence-corrected chi connectivity index (χ0v) is 17.9. The van der Waals surface area contributed by atoms with Crippen molar-refractivity contribution >= 4 is 5.96 Å². The van der Waals surface area contributed by atoms with Gasteiger partial charge in [-0.2, -0.15) is 0 Å².